The Hall–Kier alpha value is -0.770. The molecule has 112 valence electrons. The molecule has 5 heteroatoms. The van der Waals surface area contributed by atoms with Gasteiger partial charge in [-0.3, -0.25) is 4.79 Å². The molecule has 0 radical (unpaired) electrons. The average molecular weight is 317 g/mol. The zero-order valence-electron chi connectivity index (χ0n) is 11.8. The molecule has 20 heavy (non-hydrogen) atoms. The van der Waals surface area contributed by atoms with Gasteiger partial charge in [0.25, 0.3) is 5.91 Å². The lowest BCUT2D eigenvalue weighted by molar-refractivity contribution is 0.0643. The van der Waals surface area contributed by atoms with E-state index in [9.17, 15) is 4.79 Å². The van der Waals surface area contributed by atoms with Crippen LogP contribution in [0.15, 0.2) is 24.3 Å². The highest BCUT2D eigenvalue weighted by Gasteiger charge is 2.26. The number of carbonyl (C=O) groups excluding carboxylic acids is 1. The van der Waals surface area contributed by atoms with Crippen LogP contribution in [-0.4, -0.2) is 36.5 Å². The topological polar surface area (TPSA) is 32.3 Å². The molecular weight excluding hydrogens is 295 g/mol. The van der Waals surface area contributed by atoms with Crippen LogP contribution in [0.4, 0.5) is 0 Å². The molecule has 1 N–H and O–H groups in total. The van der Waals surface area contributed by atoms with Crippen molar-refractivity contribution in [2.45, 2.75) is 32.2 Å². The highest BCUT2D eigenvalue weighted by molar-refractivity contribution is 6.33. The Morgan fingerprint density at radius 1 is 1.35 bits per heavy atom. The van der Waals surface area contributed by atoms with Crippen LogP contribution in [0.1, 0.15) is 36.5 Å². The van der Waals surface area contributed by atoms with Gasteiger partial charge in [-0.1, -0.05) is 30.7 Å². The molecule has 1 aliphatic rings. The normalized spacial score (nSPS) is 15.5. The first-order valence-electron chi connectivity index (χ1n) is 7.00. The van der Waals surface area contributed by atoms with Crippen LogP contribution in [0, 0.1) is 0 Å². The Balaban J connectivity index is 0.00000200. The van der Waals surface area contributed by atoms with E-state index in [1.165, 1.54) is 0 Å². The van der Waals surface area contributed by atoms with E-state index in [1.54, 1.807) is 6.07 Å². The van der Waals surface area contributed by atoms with Gasteiger partial charge in [-0.05, 0) is 44.5 Å². The predicted octanol–water partition coefficient (Wildman–Crippen LogP) is 3.37. The zero-order valence-corrected chi connectivity index (χ0v) is 13.3. The zero-order chi connectivity index (χ0) is 13.7. The van der Waals surface area contributed by atoms with Crippen molar-refractivity contribution >= 4 is 29.9 Å². The molecule has 1 aliphatic heterocycles. The van der Waals surface area contributed by atoms with E-state index in [4.69, 9.17) is 11.6 Å². The van der Waals surface area contributed by atoms with E-state index >= 15 is 0 Å². The van der Waals surface area contributed by atoms with Gasteiger partial charge in [0.1, 0.15) is 0 Å². The molecular formula is C15H22Cl2N2O. The Bertz CT molecular complexity index is 434. The van der Waals surface area contributed by atoms with Crippen molar-refractivity contribution in [2.75, 3.05) is 19.6 Å². The van der Waals surface area contributed by atoms with Gasteiger partial charge in [0.05, 0.1) is 10.6 Å². The first kappa shape index (κ1) is 17.3. The van der Waals surface area contributed by atoms with E-state index < -0.39 is 0 Å². The van der Waals surface area contributed by atoms with Crippen molar-refractivity contribution in [2.24, 2.45) is 0 Å². The maximum Gasteiger partial charge on any atom is 0.255 e. The largest absolute Gasteiger partial charge is 0.336 e. The van der Waals surface area contributed by atoms with Gasteiger partial charge in [-0.15, -0.1) is 12.4 Å². The minimum absolute atomic E-state index is 0. The molecule has 0 aromatic heterocycles. The Morgan fingerprint density at radius 3 is 2.60 bits per heavy atom. The summed E-state index contributed by atoms with van der Waals surface area (Å²) in [6.07, 6.45) is 3.02. The third-order valence-corrected chi connectivity index (χ3v) is 3.91. The highest BCUT2D eigenvalue weighted by Crippen LogP contribution is 2.21. The SMILES string of the molecule is CCCN(C(=O)c1ccccc1Cl)C1CCNCC1.Cl. The third-order valence-electron chi connectivity index (χ3n) is 3.58. The summed E-state index contributed by atoms with van der Waals surface area (Å²) < 4.78 is 0. The molecule has 0 saturated carbocycles. The third kappa shape index (κ3) is 4.11. The maximum atomic E-state index is 12.7. The number of amides is 1. The highest BCUT2D eigenvalue weighted by atomic mass is 35.5. The van der Waals surface area contributed by atoms with Crippen LogP contribution in [0.2, 0.25) is 5.02 Å². The van der Waals surface area contributed by atoms with Crippen LogP contribution >= 0.6 is 24.0 Å². The van der Waals surface area contributed by atoms with E-state index in [0.29, 0.717) is 16.6 Å². The fourth-order valence-electron chi connectivity index (χ4n) is 2.60. The second-order valence-electron chi connectivity index (χ2n) is 4.96. The molecule has 2 rings (SSSR count). The number of hydrogen-bond donors (Lipinski definition) is 1. The fourth-order valence-corrected chi connectivity index (χ4v) is 2.82. The van der Waals surface area contributed by atoms with Gasteiger partial charge in [0.2, 0.25) is 0 Å². The van der Waals surface area contributed by atoms with E-state index in [2.05, 4.69) is 12.2 Å². The molecule has 1 aromatic rings. The predicted molar refractivity (Wildman–Crippen MR) is 85.9 cm³/mol. The molecule has 0 atom stereocenters. The summed E-state index contributed by atoms with van der Waals surface area (Å²) in [5.74, 6) is 0.0688. The Morgan fingerprint density at radius 2 is 2.00 bits per heavy atom. The van der Waals surface area contributed by atoms with Crippen molar-refractivity contribution in [3.8, 4) is 0 Å². The molecule has 3 nitrogen and oxygen atoms in total. The summed E-state index contributed by atoms with van der Waals surface area (Å²) in [5, 5.41) is 3.88. The maximum absolute atomic E-state index is 12.7. The second-order valence-corrected chi connectivity index (χ2v) is 5.37. The Kier molecular flexibility index (Phi) is 7.35. The fraction of sp³-hybridized carbons (Fsp3) is 0.533. The number of nitrogens with zero attached hydrogens (tertiary/aromatic N) is 1. The monoisotopic (exact) mass is 316 g/mol. The number of halogens is 2. The molecule has 1 aromatic carbocycles. The minimum Gasteiger partial charge on any atom is -0.336 e. The number of hydrogen-bond acceptors (Lipinski definition) is 2. The van der Waals surface area contributed by atoms with Gasteiger partial charge in [-0.2, -0.15) is 0 Å². The van der Waals surface area contributed by atoms with Crippen LogP contribution in [0.3, 0.4) is 0 Å². The summed E-state index contributed by atoms with van der Waals surface area (Å²) in [6, 6.07) is 7.65. The van der Waals surface area contributed by atoms with Crippen molar-refractivity contribution < 1.29 is 4.79 Å². The first-order chi connectivity index (χ1) is 9.24. The standard InChI is InChI=1S/C15H21ClN2O.ClH/c1-2-11-18(12-7-9-17-10-8-12)15(19)13-5-3-4-6-14(13)16;/h3-6,12,17H,2,7-11H2,1H3;1H. The van der Waals surface area contributed by atoms with E-state index in [1.807, 2.05) is 23.1 Å². The van der Waals surface area contributed by atoms with Crippen LogP contribution in [0.5, 0.6) is 0 Å². The van der Waals surface area contributed by atoms with Crippen LogP contribution < -0.4 is 5.32 Å². The van der Waals surface area contributed by atoms with Gasteiger partial charge in [0, 0.05) is 12.6 Å². The van der Waals surface area contributed by atoms with Crippen molar-refractivity contribution in [3.63, 3.8) is 0 Å². The lowest BCUT2D eigenvalue weighted by Gasteiger charge is -2.34. The van der Waals surface area contributed by atoms with E-state index in [0.717, 1.165) is 38.9 Å². The average Bonchev–Trinajstić information content (AvgIpc) is 2.45. The van der Waals surface area contributed by atoms with Gasteiger partial charge < -0.3 is 10.2 Å². The quantitative estimate of drug-likeness (QED) is 0.923. The molecule has 1 fully saturated rings. The van der Waals surface area contributed by atoms with Crippen LogP contribution in [0.25, 0.3) is 0 Å². The molecule has 0 unspecified atom stereocenters. The number of carbonyl (C=O) groups is 1. The van der Waals surface area contributed by atoms with Gasteiger partial charge >= 0.3 is 0 Å². The summed E-state index contributed by atoms with van der Waals surface area (Å²) in [4.78, 5) is 14.7. The lowest BCUT2D eigenvalue weighted by Crippen LogP contribution is -2.46. The molecule has 1 heterocycles. The Labute approximate surface area is 132 Å². The molecule has 1 amide bonds. The molecule has 1 saturated heterocycles. The van der Waals surface area contributed by atoms with Crippen molar-refractivity contribution in [1.29, 1.82) is 0 Å². The summed E-state index contributed by atoms with van der Waals surface area (Å²) in [6.45, 7) is 4.88. The molecule has 0 bridgehead atoms. The number of nitrogens with one attached hydrogen (secondary N) is 1. The van der Waals surface area contributed by atoms with Crippen molar-refractivity contribution in [1.82, 2.24) is 10.2 Å². The number of rotatable bonds is 4. The summed E-state index contributed by atoms with van der Waals surface area (Å²) in [5.41, 5.74) is 0.621. The first-order valence-corrected chi connectivity index (χ1v) is 7.38. The lowest BCUT2D eigenvalue weighted by atomic mass is 10.0. The summed E-state index contributed by atoms with van der Waals surface area (Å²) >= 11 is 6.14. The summed E-state index contributed by atoms with van der Waals surface area (Å²) in [7, 11) is 0. The number of piperidine rings is 1. The van der Waals surface area contributed by atoms with E-state index in [-0.39, 0.29) is 18.3 Å². The van der Waals surface area contributed by atoms with Gasteiger partial charge in [0.15, 0.2) is 0 Å². The smallest absolute Gasteiger partial charge is 0.255 e. The van der Waals surface area contributed by atoms with Gasteiger partial charge in [-0.25, -0.2) is 0 Å². The molecule has 0 spiro atoms. The second kappa shape index (κ2) is 8.50. The van der Waals surface area contributed by atoms with Crippen LogP contribution in [-0.2, 0) is 0 Å². The number of benzene rings is 1. The minimum atomic E-state index is 0. The molecule has 0 aliphatic carbocycles. The van der Waals surface area contributed by atoms with Crippen molar-refractivity contribution in [3.05, 3.63) is 34.9 Å².